The largest absolute Gasteiger partial charge is 0.497 e. The number of anilines is 1. The molecular formula is C34H37ClF2N4O7S2. The summed E-state index contributed by atoms with van der Waals surface area (Å²) in [5, 5.41) is 0.473. The summed E-state index contributed by atoms with van der Waals surface area (Å²) in [5.74, 6) is -2.69. The first kappa shape index (κ1) is 37.1. The monoisotopic (exact) mass is 750 g/mol. The highest BCUT2D eigenvalue weighted by Gasteiger charge is 2.37. The second-order valence-electron chi connectivity index (χ2n) is 12.6. The second-order valence-corrected chi connectivity index (χ2v) is 15.6. The van der Waals surface area contributed by atoms with Crippen molar-refractivity contribution < 1.29 is 40.9 Å². The van der Waals surface area contributed by atoms with Crippen LogP contribution in [0, 0.1) is 17.6 Å². The van der Waals surface area contributed by atoms with Crippen molar-refractivity contribution in [1.82, 2.24) is 14.3 Å². The SMILES string of the molecule is COc1ccc(CN(c2ncns2)S(=O)(=O)c2cc(F)cc(OC[C@H]3CN(C(=O)OC(C)(C)C)CC[C@H]3c3ccc(Cl)cc3)c2F)c(OC)c1. The predicted molar refractivity (Wildman–Crippen MR) is 185 cm³/mol. The molecule has 268 valence electrons. The van der Waals surface area contributed by atoms with E-state index in [-0.39, 0.29) is 30.7 Å². The summed E-state index contributed by atoms with van der Waals surface area (Å²) in [7, 11) is -1.91. The molecule has 1 amide bonds. The normalized spacial score (nSPS) is 16.5. The van der Waals surface area contributed by atoms with Crippen LogP contribution in [-0.2, 0) is 21.3 Å². The van der Waals surface area contributed by atoms with Gasteiger partial charge in [-0.25, -0.2) is 31.3 Å². The van der Waals surface area contributed by atoms with E-state index in [4.69, 9.17) is 30.5 Å². The Bertz CT molecular complexity index is 1910. The molecule has 4 aromatic rings. The van der Waals surface area contributed by atoms with Gasteiger partial charge in [0, 0.05) is 53.3 Å². The minimum Gasteiger partial charge on any atom is -0.497 e. The molecule has 50 heavy (non-hydrogen) atoms. The van der Waals surface area contributed by atoms with Gasteiger partial charge in [-0.05, 0) is 69.0 Å². The maximum atomic E-state index is 16.3. The maximum Gasteiger partial charge on any atom is 0.410 e. The topological polar surface area (TPSA) is 120 Å². The van der Waals surface area contributed by atoms with E-state index in [0.717, 1.165) is 33.8 Å². The Morgan fingerprint density at radius 1 is 1.06 bits per heavy atom. The summed E-state index contributed by atoms with van der Waals surface area (Å²) >= 11 is 6.89. The number of likely N-dealkylation sites (tertiary alicyclic amines) is 1. The number of amides is 1. The average molecular weight is 751 g/mol. The van der Waals surface area contributed by atoms with Crippen LogP contribution in [0.3, 0.4) is 0 Å². The highest BCUT2D eigenvalue weighted by molar-refractivity contribution is 7.93. The molecule has 1 aliphatic rings. The van der Waals surface area contributed by atoms with E-state index in [1.807, 2.05) is 12.1 Å². The zero-order chi connectivity index (χ0) is 36.2. The summed E-state index contributed by atoms with van der Waals surface area (Å²) < 4.78 is 86.6. The summed E-state index contributed by atoms with van der Waals surface area (Å²) in [4.78, 5) is 17.6. The minimum atomic E-state index is -4.80. The third kappa shape index (κ3) is 8.56. The van der Waals surface area contributed by atoms with Gasteiger partial charge in [0.15, 0.2) is 11.6 Å². The first-order valence-electron chi connectivity index (χ1n) is 15.6. The molecule has 0 radical (unpaired) electrons. The number of halogens is 3. The van der Waals surface area contributed by atoms with Crippen molar-refractivity contribution in [2.45, 2.75) is 50.2 Å². The van der Waals surface area contributed by atoms with E-state index in [2.05, 4.69) is 9.36 Å². The zero-order valence-electron chi connectivity index (χ0n) is 28.1. The van der Waals surface area contributed by atoms with Gasteiger partial charge in [0.1, 0.15) is 34.1 Å². The van der Waals surface area contributed by atoms with Crippen molar-refractivity contribution in [3.8, 4) is 17.2 Å². The standard InChI is InChI=1S/C34H37ClF2N4O7S2/c1-34(2,3)48-33(42)40-13-12-27(21-6-9-24(35)10-7-21)23(17-40)19-47-29-14-25(36)15-30(31(29)37)50(43,44)41(32-38-20-39-49-32)18-22-8-11-26(45-4)16-28(22)46-5/h6-11,14-16,20,23,27H,12-13,17-19H2,1-5H3/t23-,27+/m1/s1. The van der Waals surface area contributed by atoms with E-state index >= 15 is 8.78 Å². The lowest BCUT2D eigenvalue weighted by molar-refractivity contribution is 0.0110. The lowest BCUT2D eigenvalue weighted by Crippen LogP contribution is -2.46. The fourth-order valence-electron chi connectivity index (χ4n) is 5.66. The Morgan fingerprint density at radius 3 is 2.44 bits per heavy atom. The van der Waals surface area contributed by atoms with Crippen molar-refractivity contribution in [3.05, 3.63) is 88.7 Å². The number of sulfonamides is 1. The Hall–Kier alpha value is -4.21. The number of ether oxygens (including phenoxy) is 4. The molecular weight excluding hydrogens is 714 g/mol. The fourth-order valence-corrected chi connectivity index (χ4v) is 8.01. The van der Waals surface area contributed by atoms with Gasteiger partial charge in [-0.3, -0.25) is 0 Å². The lowest BCUT2D eigenvalue weighted by Gasteiger charge is -2.39. The van der Waals surface area contributed by atoms with Crippen LogP contribution in [0.1, 0.15) is 44.2 Å². The number of methoxy groups -OCH3 is 2. The van der Waals surface area contributed by atoms with Gasteiger partial charge in [0.2, 0.25) is 5.13 Å². The van der Waals surface area contributed by atoms with Gasteiger partial charge < -0.3 is 23.8 Å². The highest BCUT2D eigenvalue weighted by Crippen LogP contribution is 2.37. The van der Waals surface area contributed by atoms with Crippen molar-refractivity contribution >= 4 is 44.4 Å². The van der Waals surface area contributed by atoms with Crippen molar-refractivity contribution in [3.63, 3.8) is 0 Å². The molecule has 2 heterocycles. The van der Waals surface area contributed by atoms with Crippen LogP contribution in [0.15, 0.2) is 65.8 Å². The van der Waals surface area contributed by atoms with Crippen LogP contribution in [0.25, 0.3) is 0 Å². The zero-order valence-corrected chi connectivity index (χ0v) is 30.4. The van der Waals surface area contributed by atoms with Crippen molar-refractivity contribution in [1.29, 1.82) is 0 Å². The molecule has 1 aliphatic heterocycles. The van der Waals surface area contributed by atoms with Gasteiger partial charge in [-0.15, -0.1) is 0 Å². The van der Waals surface area contributed by atoms with E-state index in [1.54, 1.807) is 56.0 Å². The number of benzene rings is 3. The molecule has 0 N–H and O–H groups in total. The molecule has 0 aliphatic carbocycles. The van der Waals surface area contributed by atoms with Gasteiger partial charge in [0.05, 0.1) is 27.4 Å². The summed E-state index contributed by atoms with van der Waals surface area (Å²) in [6.07, 6.45) is 1.19. The van der Waals surface area contributed by atoms with Gasteiger partial charge in [0.25, 0.3) is 10.0 Å². The van der Waals surface area contributed by atoms with Crippen LogP contribution in [0.2, 0.25) is 5.02 Å². The molecule has 1 fully saturated rings. The first-order chi connectivity index (χ1) is 23.7. The van der Waals surface area contributed by atoms with Crippen LogP contribution < -0.4 is 18.5 Å². The third-order valence-electron chi connectivity index (χ3n) is 8.05. The number of piperidine rings is 1. The minimum absolute atomic E-state index is 0.0794. The predicted octanol–water partition coefficient (Wildman–Crippen LogP) is 7.30. The van der Waals surface area contributed by atoms with Crippen LogP contribution in [0.5, 0.6) is 17.2 Å². The first-order valence-corrected chi connectivity index (χ1v) is 18.1. The molecule has 1 saturated heterocycles. The van der Waals surface area contributed by atoms with Crippen LogP contribution in [-0.4, -0.2) is 68.3 Å². The van der Waals surface area contributed by atoms with Gasteiger partial charge in [-0.2, -0.15) is 4.37 Å². The number of nitrogens with zero attached hydrogens (tertiary/aromatic N) is 4. The molecule has 1 aromatic heterocycles. The fraction of sp³-hybridized carbons (Fsp3) is 0.382. The smallest absolute Gasteiger partial charge is 0.410 e. The molecule has 0 spiro atoms. The number of carbonyl (C=O) groups is 1. The Kier molecular flexibility index (Phi) is 11.4. The second kappa shape index (κ2) is 15.4. The average Bonchev–Trinajstić information content (AvgIpc) is 3.61. The van der Waals surface area contributed by atoms with Crippen LogP contribution in [0.4, 0.5) is 18.7 Å². The number of rotatable bonds is 11. The Labute approximate surface area is 298 Å². The highest BCUT2D eigenvalue weighted by atomic mass is 35.5. The van der Waals surface area contributed by atoms with Gasteiger partial charge >= 0.3 is 6.09 Å². The molecule has 5 rings (SSSR count). The Morgan fingerprint density at radius 2 is 1.80 bits per heavy atom. The van der Waals surface area contributed by atoms with Gasteiger partial charge in [-0.1, -0.05) is 23.7 Å². The summed E-state index contributed by atoms with van der Waals surface area (Å²) in [5.41, 5.74) is 0.612. The quantitative estimate of drug-likeness (QED) is 0.156. The number of hydrogen-bond acceptors (Lipinski definition) is 10. The maximum absolute atomic E-state index is 16.3. The summed E-state index contributed by atoms with van der Waals surface area (Å²) in [6.45, 7) is 5.38. The van der Waals surface area contributed by atoms with E-state index in [9.17, 15) is 13.2 Å². The molecule has 3 aromatic carbocycles. The third-order valence-corrected chi connectivity index (χ3v) is 10.8. The molecule has 0 saturated carbocycles. The molecule has 2 atom stereocenters. The number of hydrogen-bond donors (Lipinski definition) is 0. The van der Waals surface area contributed by atoms with Crippen molar-refractivity contribution in [2.24, 2.45) is 5.92 Å². The van der Waals surface area contributed by atoms with Crippen molar-refractivity contribution in [2.75, 3.05) is 38.2 Å². The van der Waals surface area contributed by atoms with E-state index in [0.29, 0.717) is 41.1 Å². The van der Waals surface area contributed by atoms with E-state index < -0.39 is 49.9 Å². The molecule has 0 unspecified atom stereocenters. The molecule has 0 bridgehead atoms. The summed E-state index contributed by atoms with van der Waals surface area (Å²) in [6, 6.07) is 13.4. The van der Waals surface area contributed by atoms with E-state index in [1.165, 1.54) is 14.2 Å². The number of aromatic nitrogens is 2. The number of carbonyl (C=O) groups excluding carboxylic acids is 1. The van der Waals surface area contributed by atoms with Crippen LogP contribution >= 0.6 is 23.1 Å². The molecule has 11 nitrogen and oxygen atoms in total. The Balaban J connectivity index is 1.46. The molecule has 16 heteroatoms. The lowest BCUT2D eigenvalue weighted by atomic mass is 9.81.